The van der Waals surface area contributed by atoms with Crippen LogP contribution in [-0.2, 0) is 9.59 Å². The second-order valence-corrected chi connectivity index (χ2v) is 8.19. The van der Waals surface area contributed by atoms with E-state index in [9.17, 15) is 27.9 Å². The molecule has 1 unspecified atom stereocenters. The second-order valence-electron chi connectivity index (χ2n) is 8.19. The highest BCUT2D eigenvalue weighted by molar-refractivity contribution is 6.51. The van der Waals surface area contributed by atoms with Gasteiger partial charge < -0.3 is 9.84 Å². The fraction of sp³-hybridized carbons (Fsp3) is 0.0714. The Morgan fingerprint density at radius 2 is 1.50 bits per heavy atom. The summed E-state index contributed by atoms with van der Waals surface area (Å²) in [5.74, 6) is -2.84. The number of aliphatic hydroxyl groups excluding tert-OH is 1. The van der Waals surface area contributed by atoms with E-state index in [0.29, 0.717) is 11.1 Å². The highest BCUT2D eigenvalue weighted by Crippen LogP contribution is 2.43. The summed E-state index contributed by atoms with van der Waals surface area (Å²) in [6.07, 6.45) is -4.93. The summed E-state index contributed by atoms with van der Waals surface area (Å²) in [6, 6.07) is 24.9. The highest BCUT2D eigenvalue weighted by atomic mass is 19.4. The first-order valence-electron chi connectivity index (χ1n) is 10.9. The minimum atomic E-state index is -4.93. The molecule has 1 aliphatic rings. The molecule has 0 spiro atoms. The van der Waals surface area contributed by atoms with Crippen LogP contribution < -0.4 is 9.64 Å². The number of fused-ring (bicyclic) bond motifs is 1. The van der Waals surface area contributed by atoms with Gasteiger partial charge in [0, 0.05) is 17.3 Å². The Labute approximate surface area is 203 Å². The Morgan fingerprint density at radius 3 is 2.22 bits per heavy atom. The molecule has 4 aromatic carbocycles. The predicted octanol–water partition coefficient (Wildman–Crippen LogP) is 6.36. The Hall–Kier alpha value is -4.59. The van der Waals surface area contributed by atoms with Crippen LogP contribution in [0.15, 0.2) is 103 Å². The average molecular weight is 489 g/mol. The minimum absolute atomic E-state index is 0.0188. The maximum Gasteiger partial charge on any atom is 0.573 e. The average Bonchev–Trinajstić information content (AvgIpc) is 3.13. The largest absolute Gasteiger partial charge is 0.573 e. The molecule has 1 amide bonds. The third-order valence-corrected chi connectivity index (χ3v) is 5.91. The minimum Gasteiger partial charge on any atom is -0.507 e. The van der Waals surface area contributed by atoms with Crippen molar-refractivity contribution < 1.29 is 32.6 Å². The van der Waals surface area contributed by atoms with E-state index in [2.05, 4.69) is 4.74 Å². The van der Waals surface area contributed by atoms with Crippen LogP contribution in [0.3, 0.4) is 0 Å². The number of anilines is 1. The molecule has 1 N–H and O–H groups in total. The summed E-state index contributed by atoms with van der Waals surface area (Å²) in [6.45, 7) is 0. The molecule has 180 valence electrons. The highest BCUT2D eigenvalue weighted by Gasteiger charge is 2.47. The monoisotopic (exact) mass is 489 g/mol. The third kappa shape index (κ3) is 4.29. The van der Waals surface area contributed by atoms with Crippen molar-refractivity contribution in [3.63, 3.8) is 0 Å². The lowest BCUT2D eigenvalue weighted by atomic mass is 9.94. The van der Waals surface area contributed by atoms with Crippen molar-refractivity contribution in [3.8, 4) is 5.75 Å². The zero-order valence-corrected chi connectivity index (χ0v) is 18.6. The van der Waals surface area contributed by atoms with Gasteiger partial charge in [0.1, 0.15) is 11.5 Å². The Morgan fingerprint density at radius 1 is 0.806 bits per heavy atom. The van der Waals surface area contributed by atoms with Crippen molar-refractivity contribution in [1.82, 2.24) is 0 Å². The molecule has 36 heavy (non-hydrogen) atoms. The number of ketones is 1. The van der Waals surface area contributed by atoms with Crippen LogP contribution in [0.4, 0.5) is 18.9 Å². The van der Waals surface area contributed by atoms with Crippen LogP contribution in [0.1, 0.15) is 17.2 Å². The molecule has 8 heteroatoms. The summed E-state index contributed by atoms with van der Waals surface area (Å²) < 4.78 is 42.4. The van der Waals surface area contributed by atoms with Gasteiger partial charge in [-0.2, -0.15) is 0 Å². The van der Waals surface area contributed by atoms with E-state index >= 15 is 0 Å². The van der Waals surface area contributed by atoms with Gasteiger partial charge in [0.25, 0.3) is 11.7 Å². The van der Waals surface area contributed by atoms with Gasteiger partial charge in [-0.05, 0) is 34.5 Å². The fourth-order valence-electron chi connectivity index (χ4n) is 4.37. The topological polar surface area (TPSA) is 66.8 Å². The number of benzene rings is 4. The lowest BCUT2D eigenvalue weighted by Gasteiger charge is -2.26. The van der Waals surface area contributed by atoms with Crippen molar-refractivity contribution in [2.75, 3.05) is 4.90 Å². The Bertz CT molecular complexity index is 1510. The SMILES string of the molecule is O=C1C(=O)N(c2cccc(OC(F)(F)F)c2)C(c2ccccc2)/C1=C(/O)c1ccc2ccccc2c1. The second kappa shape index (κ2) is 8.88. The summed E-state index contributed by atoms with van der Waals surface area (Å²) >= 11 is 0. The summed E-state index contributed by atoms with van der Waals surface area (Å²) in [5.41, 5.74) is 0.692. The Kier molecular flexibility index (Phi) is 5.72. The van der Waals surface area contributed by atoms with Crippen molar-refractivity contribution >= 4 is 33.9 Å². The number of hydrogen-bond acceptors (Lipinski definition) is 4. The van der Waals surface area contributed by atoms with Crippen LogP contribution >= 0.6 is 0 Å². The van der Waals surface area contributed by atoms with E-state index < -0.39 is 29.8 Å². The van der Waals surface area contributed by atoms with E-state index in [-0.39, 0.29) is 17.0 Å². The number of aliphatic hydroxyl groups is 1. The molecule has 0 bridgehead atoms. The number of hydrogen-bond donors (Lipinski definition) is 1. The van der Waals surface area contributed by atoms with E-state index in [1.165, 1.54) is 12.1 Å². The van der Waals surface area contributed by atoms with E-state index in [1.54, 1.807) is 48.5 Å². The molecule has 0 aliphatic carbocycles. The van der Waals surface area contributed by atoms with Gasteiger partial charge in [-0.15, -0.1) is 13.2 Å². The van der Waals surface area contributed by atoms with Gasteiger partial charge in [-0.3, -0.25) is 14.5 Å². The summed E-state index contributed by atoms with van der Waals surface area (Å²) in [7, 11) is 0. The number of alkyl halides is 3. The van der Waals surface area contributed by atoms with Crippen LogP contribution in [0.2, 0.25) is 0 Å². The quantitative estimate of drug-likeness (QED) is 0.206. The van der Waals surface area contributed by atoms with Gasteiger partial charge >= 0.3 is 6.36 Å². The number of ether oxygens (including phenoxy) is 1. The third-order valence-electron chi connectivity index (χ3n) is 5.91. The number of Topliss-reactive ketones (excluding diaryl/α,β-unsaturated/α-hetero) is 1. The number of carbonyl (C=O) groups is 2. The zero-order chi connectivity index (χ0) is 25.4. The molecule has 0 radical (unpaired) electrons. The van der Waals surface area contributed by atoms with Crippen LogP contribution in [0.25, 0.3) is 16.5 Å². The zero-order valence-electron chi connectivity index (χ0n) is 18.6. The van der Waals surface area contributed by atoms with Crippen molar-refractivity contribution in [2.45, 2.75) is 12.4 Å². The van der Waals surface area contributed by atoms with Gasteiger partial charge in [0.05, 0.1) is 11.6 Å². The van der Waals surface area contributed by atoms with E-state index in [4.69, 9.17) is 0 Å². The molecule has 4 aromatic rings. The van der Waals surface area contributed by atoms with Crippen molar-refractivity contribution in [2.24, 2.45) is 0 Å². The molecular formula is C28H18F3NO4. The van der Waals surface area contributed by atoms with Gasteiger partial charge in [0.2, 0.25) is 0 Å². The first kappa shape index (κ1) is 23.2. The number of carbonyl (C=O) groups excluding carboxylic acids is 2. The molecule has 5 rings (SSSR count). The Balaban J connectivity index is 1.68. The maximum atomic E-state index is 13.2. The van der Waals surface area contributed by atoms with Gasteiger partial charge in [-0.1, -0.05) is 72.8 Å². The smallest absolute Gasteiger partial charge is 0.507 e. The normalized spacial score (nSPS) is 17.5. The molecule has 1 atom stereocenters. The van der Waals surface area contributed by atoms with E-state index in [1.807, 2.05) is 24.3 Å². The molecule has 1 heterocycles. The standard InChI is InChI=1S/C28H18F3NO4/c29-28(30,31)36-22-12-6-11-21(16-22)32-24(18-8-2-1-3-9-18)23(26(34)27(32)35)25(33)20-14-13-17-7-4-5-10-19(17)15-20/h1-16,24,33H/b25-23-. The maximum absolute atomic E-state index is 13.2. The van der Waals surface area contributed by atoms with Crippen LogP contribution in [-0.4, -0.2) is 23.2 Å². The van der Waals surface area contributed by atoms with Gasteiger partial charge in [0.15, 0.2) is 0 Å². The lowest BCUT2D eigenvalue weighted by Crippen LogP contribution is -2.29. The van der Waals surface area contributed by atoms with Crippen LogP contribution in [0.5, 0.6) is 5.75 Å². The molecule has 1 aliphatic heterocycles. The first-order chi connectivity index (χ1) is 17.2. The number of nitrogens with zero attached hydrogens (tertiary/aromatic N) is 1. The molecule has 1 fully saturated rings. The number of halogens is 3. The van der Waals surface area contributed by atoms with Crippen LogP contribution in [0, 0.1) is 0 Å². The summed E-state index contributed by atoms with van der Waals surface area (Å²) in [4.78, 5) is 27.5. The lowest BCUT2D eigenvalue weighted by molar-refractivity contribution is -0.274. The predicted molar refractivity (Wildman–Crippen MR) is 128 cm³/mol. The molecular weight excluding hydrogens is 471 g/mol. The number of amides is 1. The fourth-order valence-corrected chi connectivity index (χ4v) is 4.37. The van der Waals surface area contributed by atoms with Gasteiger partial charge in [-0.25, -0.2) is 0 Å². The molecule has 0 saturated carbocycles. The van der Waals surface area contributed by atoms with Crippen molar-refractivity contribution in [1.29, 1.82) is 0 Å². The van der Waals surface area contributed by atoms with E-state index in [0.717, 1.165) is 27.8 Å². The first-order valence-corrected chi connectivity index (χ1v) is 10.9. The number of rotatable bonds is 4. The molecule has 1 saturated heterocycles. The van der Waals surface area contributed by atoms with Crippen molar-refractivity contribution in [3.05, 3.63) is 114 Å². The molecule has 5 nitrogen and oxygen atoms in total. The summed E-state index contributed by atoms with van der Waals surface area (Å²) in [5, 5.41) is 13.0. The molecule has 0 aromatic heterocycles.